The van der Waals surface area contributed by atoms with Gasteiger partial charge < -0.3 is 0 Å². The van der Waals surface area contributed by atoms with Crippen molar-refractivity contribution in [3.8, 4) is 0 Å². The maximum absolute atomic E-state index is 5.21. The van der Waals surface area contributed by atoms with Crippen molar-refractivity contribution in [3.63, 3.8) is 0 Å². The van der Waals surface area contributed by atoms with E-state index in [0.717, 1.165) is 12.5 Å². The van der Waals surface area contributed by atoms with E-state index in [1.165, 1.54) is 32.1 Å². The molecule has 3 N–H and O–H groups in total. The maximum Gasteiger partial charge on any atom is 0.0126 e. The number of halogens is 1. The zero-order valence-corrected chi connectivity index (χ0v) is 7.12. The smallest absolute Gasteiger partial charge is 0.0126 e. The van der Waals surface area contributed by atoms with Crippen LogP contribution in [0, 0.1) is 5.92 Å². The first-order valence-electron chi connectivity index (χ1n) is 3.87. The Balaban J connectivity index is 0.000000810. The van der Waals surface area contributed by atoms with Gasteiger partial charge in [0.1, 0.15) is 0 Å². The molecule has 1 rings (SSSR count). The minimum Gasteiger partial charge on any atom is -0.271 e. The molecule has 3 heteroatoms. The van der Waals surface area contributed by atoms with Gasteiger partial charge in [0.2, 0.25) is 0 Å². The molecular formula is C7H17ClN2. The Hall–Kier alpha value is 0.210. The quantitative estimate of drug-likeness (QED) is 0.479. The number of nitrogens with one attached hydrogen (secondary N) is 1. The third-order valence-electron chi connectivity index (χ3n) is 2.13. The molecule has 0 bridgehead atoms. The van der Waals surface area contributed by atoms with Gasteiger partial charge >= 0.3 is 0 Å². The molecule has 2 nitrogen and oxygen atoms in total. The molecule has 0 aromatic rings. The van der Waals surface area contributed by atoms with E-state index in [1.807, 2.05) is 0 Å². The highest BCUT2D eigenvalue weighted by molar-refractivity contribution is 5.85. The van der Waals surface area contributed by atoms with Crippen molar-refractivity contribution in [2.45, 2.75) is 32.1 Å². The molecule has 0 amide bonds. The Kier molecular flexibility index (Phi) is 6.08. The molecule has 0 aromatic heterocycles. The van der Waals surface area contributed by atoms with Gasteiger partial charge in [0, 0.05) is 6.54 Å². The van der Waals surface area contributed by atoms with Crippen molar-refractivity contribution in [2.75, 3.05) is 6.54 Å². The second-order valence-electron chi connectivity index (χ2n) is 2.91. The zero-order valence-electron chi connectivity index (χ0n) is 6.31. The summed E-state index contributed by atoms with van der Waals surface area (Å²) < 4.78 is 0. The van der Waals surface area contributed by atoms with Crippen LogP contribution in [0.15, 0.2) is 0 Å². The average molecular weight is 165 g/mol. The summed E-state index contributed by atoms with van der Waals surface area (Å²) in [5.74, 6) is 6.07. The number of hydrazine groups is 1. The van der Waals surface area contributed by atoms with Crippen LogP contribution in [0.5, 0.6) is 0 Å². The molecule has 1 aliphatic carbocycles. The van der Waals surface area contributed by atoms with Crippen LogP contribution in [0.2, 0.25) is 0 Å². The van der Waals surface area contributed by atoms with Crippen molar-refractivity contribution in [1.29, 1.82) is 0 Å². The summed E-state index contributed by atoms with van der Waals surface area (Å²) in [4.78, 5) is 0. The van der Waals surface area contributed by atoms with E-state index >= 15 is 0 Å². The molecule has 1 aliphatic rings. The summed E-state index contributed by atoms with van der Waals surface area (Å²) in [6.07, 6.45) is 7.01. The lowest BCUT2D eigenvalue weighted by atomic mass is 9.89. The van der Waals surface area contributed by atoms with E-state index in [9.17, 15) is 0 Å². The minimum atomic E-state index is 0. The van der Waals surface area contributed by atoms with Gasteiger partial charge in [0.25, 0.3) is 0 Å². The minimum absolute atomic E-state index is 0. The van der Waals surface area contributed by atoms with Crippen LogP contribution >= 0.6 is 12.4 Å². The predicted octanol–water partition coefficient (Wildman–Crippen LogP) is 1.45. The summed E-state index contributed by atoms with van der Waals surface area (Å²) in [6, 6.07) is 0. The molecule has 10 heavy (non-hydrogen) atoms. The van der Waals surface area contributed by atoms with E-state index in [0.29, 0.717) is 0 Å². The van der Waals surface area contributed by atoms with E-state index < -0.39 is 0 Å². The lowest BCUT2D eigenvalue weighted by molar-refractivity contribution is 0.344. The molecule has 0 radical (unpaired) electrons. The van der Waals surface area contributed by atoms with Crippen molar-refractivity contribution < 1.29 is 0 Å². The molecule has 62 valence electrons. The lowest BCUT2D eigenvalue weighted by Crippen LogP contribution is -2.29. The van der Waals surface area contributed by atoms with Crippen LogP contribution in [0.3, 0.4) is 0 Å². The molecule has 1 fully saturated rings. The summed E-state index contributed by atoms with van der Waals surface area (Å²) in [6.45, 7) is 1.01. The van der Waals surface area contributed by atoms with Crippen molar-refractivity contribution in [2.24, 2.45) is 11.8 Å². The topological polar surface area (TPSA) is 38.0 Å². The van der Waals surface area contributed by atoms with Gasteiger partial charge in [-0.25, -0.2) is 0 Å². The number of rotatable bonds is 2. The van der Waals surface area contributed by atoms with Crippen LogP contribution in [0.25, 0.3) is 0 Å². The summed E-state index contributed by atoms with van der Waals surface area (Å²) in [5.41, 5.74) is 2.74. The number of nitrogens with two attached hydrogens (primary N) is 1. The van der Waals surface area contributed by atoms with E-state index in [2.05, 4.69) is 5.43 Å². The Bertz CT molecular complexity index is 69.3. The Labute approximate surface area is 68.9 Å². The first-order chi connectivity index (χ1) is 4.43. The van der Waals surface area contributed by atoms with Crippen LogP contribution in [-0.2, 0) is 0 Å². The third-order valence-corrected chi connectivity index (χ3v) is 2.13. The number of hydrogen-bond acceptors (Lipinski definition) is 2. The molecule has 0 saturated heterocycles. The SMILES string of the molecule is Cl.NNCC1CCCCC1. The van der Waals surface area contributed by atoms with Crippen LogP contribution in [0.1, 0.15) is 32.1 Å². The Morgan fingerprint density at radius 1 is 1.20 bits per heavy atom. The second kappa shape index (κ2) is 5.96. The first-order valence-corrected chi connectivity index (χ1v) is 3.87. The fraction of sp³-hybridized carbons (Fsp3) is 1.00. The van der Waals surface area contributed by atoms with E-state index in [-0.39, 0.29) is 12.4 Å². The fourth-order valence-electron chi connectivity index (χ4n) is 1.56. The molecule has 0 aromatic carbocycles. The molecule has 0 atom stereocenters. The normalized spacial score (nSPS) is 20.1. The highest BCUT2D eigenvalue weighted by atomic mass is 35.5. The average Bonchev–Trinajstić information content (AvgIpc) is 1.91. The van der Waals surface area contributed by atoms with Crippen molar-refractivity contribution in [3.05, 3.63) is 0 Å². The Morgan fingerprint density at radius 2 is 1.80 bits per heavy atom. The monoisotopic (exact) mass is 164 g/mol. The Morgan fingerprint density at radius 3 is 2.30 bits per heavy atom. The lowest BCUT2D eigenvalue weighted by Gasteiger charge is -2.20. The van der Waals surface area contributed by atoms with Gasteiger partial charge in [-0.15, -0.1) is 12.4 Å². The highest BCUT2D eigenvalue weighted by Gasteiger charge is 2.11. The van der Waals surface area contributed by atoms with Gasteiger partial charge in [-0.1, -0.05) is 19.3 Å². The summed E-state index contributed by atoms with van der Waals surface area (Å²) in [7, 11) is 0. The second-order valence-corrected chi connectivity index (χ2v) is 2.91. The fourth-order valence-corrected chi connectivity index (χ4v) is 1.56. The van der Waals surface area contributed by atoms with Crippen LogP contribution in [-0.4, -0.2) is 6.54 Å². The highest BCUT2D eigenvalue weighted by Crippen LogP contribution is 2.22. The van der Waals surface area contributed by atoms with Gasteiger partial charge in [-0.2, -0.15) is 0 Å². The molecule has 0 aliphatic heterocycles. The molecule has 0 unspecified atom stereocenters. The van der Waals surface area contributed by atoms with Crippen molar-refractivity contribution in [1.82, 2.24) is 5.43 Å². The number of hydrogen-bond donors (Lipinski definition) is 2. The molecule has 1 saturated carbocycles. The summed E-state index contributed by atoms with van der Waals surface area (Å²) in [5, 5.41) is 0. The first kappa shape index (κ1) is 10.2. The third kappa shape index (κ3) is 3.40. The molecule has 0 spiro atoms. The summed E-state index contributed by atoms with van der Waals surface area (Å²) >= 11 is 0. The van der Waals surface area contributed by atoms with Gasteiger partial charge in [-0.05, 0) is 18.8 Å². The van der Waals surface area contributed by atoms with Gasteiger partial charge in [-0.3, -0.25) is 11.3 Å². The largest absolute Gasteiger partial charge is 0.271 e. The maximum atomic E-state index is 5.21. The van der Waals surface area contributed by atoms with Crippen molar-refractivity contribution >= 4 is 12.4 Å². The van der Waals surface area contributed by atoms with E-state index in [4.69, 9.17) is 5.84 Å². The van der Waals surface area contributed by atoms with Gasteiger partial charge in [0.05, 0.1) is 0 Å². The van der Waals surface area contributed by atoms with Crippen LogP contribution < -0.4 is 11.3 Å². The van der Waals surface area contributed by atoms with Crippen LogP contribution in [0.4, 0.5) is 0 Å². The molecule has 0 heterocycles. The standard InChI is InChI=1S/C7H16N2.ClH/c8-9-6-7-4-2-1-3-5-7;/h7,9H,1-6,8H2;1H. The molecular weight excluding hydrogens is 148 g/mol. The van der Waals surface area contributed by atoms with Gasteiger partial charge in [0.15, 0.2) is 0 Å². The predicted molar refractivity (Wildman–Crippen MR) is 46.0 cm³/mol. The van der Waals surface area contributed by atoms with E-state index in [1.54, 1.807) is 0 Å². The zero-order chi connectivity index (χ0) is 6.53.